The van der Waals surface area contributed by atoms with E-state index in [0.717, 1.165) is 5.56 Å². The van der Waals surface area contributed by atoms with E-state index in [1.54, 1.807) is 35.1 Å². The van der Waals surface area contributed by atoms with E-state index < -0.39 is 9.84 Å². The zero-order chi connectivity index (χ0) is 16.9. The standard InChI is InChI=1S/C15H18ClN3O3S/c1-12-2-4-14(5-3-12)23(21,22)9-6-15(20)17-7-8-19-11-13(16)10-18-19/h2-5,10-11H,6-9H2,1H3,(H,17,20). The van der Waals surface area contributed by atoms with E-state index in [-0.39, 0.29) is 23.0 Å². The van der Waals surface area contributed by atoms with Crippen LogP contribution in [0, 0.1) is 6.92 Å². The summed E-state index contributed by atoms with van der Waals surface area (Å²) < 4.78 is 25.9. The van der Waals surface area contributed by atoms with E-state index in [1.165, 1.54) is 6.20 Å². The Kier molecular flexibility index (Phi) is 5.79. The molecule has 0 aliphatic rings. The molecule has 23 heavy (non-hydrogen) atoms. The summed E-state index contributed by atoms with van der Waals surface area (Å²) in [4.78, 5) is 12.0. The molecule has 2 rings (SSSR count). The Morgan fingerprint density at radius 2 is 2.00 bits per heavy atom. The van der Waals surface area contributed by atoms with Crippen molar-refractivity contribution in [2.45, 2.75) is 24.8 Å². The van der Waals surface area contributed by atoms with Crippen LogP contribution in [0.3, 0.4) is 0 Å². The van der Waals surface area contributed by atoms with Gasteiger partial charge in [-0.15, -0.1) is 0 Å². The van der Waals surface area contributed by atoms with Gasteiger partial charge in [-0.2, -0.15) is 5.10 Å². The van der Waals surface area contributed by atoms with Crippen molar-refractivity contribution in [3.8, 4) is 0 Å². The minimum absolute atomic E-state index is 0.0733. The number of carbonyl (C=O) groups excluding carboxylic acids is 1. The van der Waals surface area contributed by atoms with Crippen LogP contribution in [0.2, 0.25) is 5.02 Å². The topological polar surface area (TPSA) is 81.1 Å². The molecule has 1 amide bonds. The van der Waals surface area contributed by atoms with Gasteiger partial charge in [0.25, 0.3) is 0 Å². The van der Waals surface area contributed by atoms with Crippen LogP contribution in [0.25, 0.3) is 0 Å². The first-order chi connectivity index (χ1) is 10.9. The van der Waals surface area contributed by atoms with Crippen LogP contribution in [0.1, 0.15) is 12.0 Å². The van der Waals surface area contributed by atoms with Gasteiger partial charge in [-0.05, 0) is 19.1 Å². The molecule has 124 valence electrons. The van der Waals surface area contributed by atoms with Gasteiger partial charge in [0.1, 0.15) is 0 Å². The third kappa shape index (κ3) is 5.37. The van der Waals surface area contributed by atoms with Crippen molar-refractivity contribution in [1.29, 1.82) is 0 Å². The molecule has 2 aromatic rings. The summed E-state index contributed by atoms with van der Waals surface area (Å²) in [6, 6.07) is 6.60. The van der Waals surface area contributed by atoms with Crippen LogP contribution in [0.5, 0.6) is 0 Å². The number of rotatable bonds is 7. The second-order valence-corrected chi connectivity index (χ2v) is 7.70. The lowest BCUT2D eigenvalue weighted by Crippen LogP contribution is -2.28. The first-order valence-electron chi connectivity index (χ1n) is 7.11. The molecule has 0 aliphatic carbocycles. The SMILES string of the molecule is Cc1ccc(S(=O)(=O)CCC(=O)NCCn2cc(Cl)cn2)cc1. The molecule has 0 bridgehead atoms. The number of hydrogen-bond acceptors (Lipinski definition) is 4. The van der Waals surface area contributed by atoms with E-state index in [1.807, 2.05) is 6.92 Å². The fraction of sp³-hybridized carbons (Fsp3) is 0.333. The molecule has 1 aromatic carbocycles. The first-order valence-corrected chi connectivity index (χ1v) is 9.14. The maximum atomic E-state index is 12.1. The van der Waals surface area contributed by atoms with Crippen molar-refractivity contribution in [2.24, 2.45) is 0 Å². The number of amides is 1. The summed E-state index contributed by atoms with van der Waals surface area (Å²) >= 11 is 5.73. The summed E-state index contributed by atoms with van der Waals surface area (Å²) in [5, 5.41) is 7.18. The van der Waals surface area contributed by atoms with Gasteiger partial charge in [-0.1, -0.05) is 29.3 Å². The highest BCUT2D eigenvalue weighted by Gasteiger charge is 2.16. The molecule has 0 atom stereocenters. The molecule has 0 saturated heterocycles. The Labute approximate surface area is 140 Å². The largest absolute Gasteiger partial charge is 0.354 e. The molecular formula is C15H18ClN3O3S. The second-order valence-electron chi connectivity index (χ2n) is 5.15. The van der Waals surface area contributed by atoms with Gasteiger partial charge < -0.3 is 5.32 Å². The zero-order valence-electron chi connectivity index (χ0n) is 12.7. The summed E-state index contributed by atoms with van der Waals surface area (Å²) in [6.07, 6.45) is 3.09. The van der Waals surface area contributed by atoms with E-state index in [9.17, 15) is 13.2 Å². The molecule has 0 fully saturated rings. The van der Waals surface area contributed by atoms with Crippen molar-refractivity contribution in [1.82, 2.24) is 15.1 Å². The normalized spacial score (nSPS) is 11.4. The molecule has 6 nitrogen and oxygen atoms in total. The van der Waals surface area contributed by atoms with E-state index in [0.29, 0.717) is 18.1 Å². The highest BCUT2D eigenvalue weighted by Crippen LogP contribution is 2.13. The molecule has 0 spiro atoms. The Morgan fingerprint density at radius 1 is 1.30 bits per heavy atom. The average molecular weight is 356 g/mol. The molecule has 1 heterocycles. The predicted octanol–water partition coefficient (Wildman–Crippen LogP) is 1.83. The zero-order valence-corrected chi connectivity index (χ0v) is 14.3. The fourth-order valence-electron chi connectivity index (χ4n) is 1.95. The second kappa shape index (κ2) is 7.61. The minimum atomic E-state index is -3.44. The molecule has 0 aliphatic heterocycles. The van der Waals surface area contributed by atoms with Crippen LogP contribution in [0.15, 0.2) is 41.6 Å². The van der Waals surface area contributed by atoms with Crippen molar-refractivity contribution in [2.75, 3.05) is 12.3 Å². The number of aryl methyl sites for hydroxylation is 1. The number of hydrogen-bond donors (Lipinski definition) is 1. The highest BCUT2D eigenvalue weighted by atomic mass is 35.5. The van der Waals surface area contributed by atoms with Gasteiger partial charge in [0.05, 0.1) is 28.4 Å². The number of nitrogens with one attached hydrogen (secondary N) is 1. The van der Waals surface area contributed by atoms with Crippen LogP contribution in [0.4, 0.5) is 0 Å². The lowest BCUT2D eigenvalue weighted by atomic mass is 10.2. The molecule has 0 saturated carbocycles. The van der Waals surface area contributed by atoms with Crippen LogP contribution in [-0.2, 0) is 21.2 Å². The van der Waals surface area contributed by atoms with Crippen molar-refractivity contribution in [3.63, 3.8) is 0 Å². The van der Waals surface area contributed by atoms with Crippen molar-refractivity contribution < 1.29 is 13.2 Å². The molecule has 0 radical (unpaired) electrons. The smallest absolute Gasteiger partial charge is 0.221 e. The van der Waals surface area contributed by atoms with Crippen LogP contribution in [-0.4, -0.2) is 36.4 Å². The van der Waals surface area contributed by atoms with Gasteiger partial charge in [0.15, 0.2) is 9.84 Å². The predicted molar refractivity (Wildman–Crippen MR) is 88.1 cm³/mol. The first kappa shape index (κ1) is 17.5. The lowest BCUT2D eigenvalue weighted by molar-refractivity contribution is -0.120. The van der Waals surface area contributed by atoms with Crippen LogP contribution >= 0.6 is 11.6 Å². The molecule has 0 unspecified atom stereocenters. The van der Waals surface area contributed by atoms with Crippen LogP contribution < -0.4 is 5.32 Å². The van der Waals surface area contributed by atoms with E-state index in [4.69, 9.17) is 11.6 Å². The average Bonchev–Trinajstić information content (AvgIpc) is 2.91. The maximum Gasteiger partial charge on any atom is 0.221 e. The number of aromatic nitrogens is 2. The minimum Gasteiger partial charge on any atom is -0.354 e. The summed E-state index contributed by atoms with van der Waals surface area (Å²) in [7, 11) is -3.44. The Hall–Kier alpha value is -1.86. The Balaban J connectivity index is 1.78. The highest BCUT2D eigenvalue weighted by molar-refractivity contribution is 7.91. The van der Waals surface area contributed by atoms with Crippen molar-refractivity contribution in [3.05, 3.63) is 47.2 Å². The maximum absolute atomic E-state index is 12.1. The van der Waals surface area contributed by atoms with Gasteiger partial charge in [-0.3, -0.25) is 9.48 Å². The van der Waals surface area contributed by atoms with Gasteiger partial charge in [0.2, 0.25) is 5.91 Å². The molecular weight excluding hydrogens is 338 g/mol. The van der Waals surface area contributed by atoms with Gasteiger partial charge in [-0.25, -0.2) is 8.42 Å². The Morgan fingerprint density at radius 3 is 2.61 bits per heavy atom. The molecule has 1 aromatic heterocycles. The number of benzene rings is 1. The van der Waals surface area contributed by atoms with Gasteiger partial charge in [0, 0.05) is 19.2 Å². The quantitative estimate of drug-likeness (QED) is 0.821. The monoisotopic (exact) mass is 355 g/mol. The number of nitrogens with zero attached hydrogens (tertiary/aromatic N) is 2. The third-order valence-corrected chi connectivity index (χ3v) is 5.17. The van der Waals surface area contributed by atoms with E-state index in [2.05, 4.69) is 10.4 Å². The summed E-state index contributed by atoms with van der Waals surface area (Å²) in [5.74, 6) is -0.519. The number of sulfone groups is 1. The Bertz CT molecular complexity index is 770. The van der Waals surface area contributed by atoms with E-state index >= 15 is 0 Å². The molecule has 1 N–H and O–H groups in total. The summed E-state index contributed by atoms with van der Waals surface area (Å²) in [5.41, 5.74) is 0.986. The number of carbonyl (C=O) groups is 1. The lowest BCUT2D eigenvalue weighted by Gasteiger charge is -2.07. The summed E-state index contributed by atoms with van der Waals surface area (Å²) in [6.45, 7) is 2.72. The van der Waals surface area contributed by atoms with Gasteiger partial charge >= 0.3 is 0 Å². The van der Waals surface area contributed by atoms with Crippen molar-refractivity contribution >= 4 is 27.3 Å². The number of halogens is 1. The molecule has 8 heteroatoms. The fourth-order valence-corrected chi connectivity index (χ4v) is 3.35. The third-order valence-electron chi connectivity index (χ3n) is 3.24.